The van der Waals surface area contributed by atoms with E-state index in [0.717, 1.165) is 15.0 Å². The molecule has 1 N–H and O–H groups in total. The number of anilines is 1. The summed E-state index contributed by atoms with van der Waals surface area (Å²) < 4.78 is 6.86. The lowest BCUT2D eigenvalue weighted by Crippen LogP contribution is -2.25. The molecular weight excluding hydrogens is 390 g/mol. The maximum Gasteiger partial charge on any atom is 0.272 e. The highest BCUT2D eigenvalue weighted by Gasteiger charge is 2.23. The number of benzene rings is 2. The lowest BCUT2D eigenvalue weighted by molar-refractivity contribution is -0.123. The van der Waals surface area contributed by atoms with Gasteiger partial charge < -0.3 is 4.74 Å². The number of nitrogens with zero attached hydrogens (tertiary/aromatic N) is 2. The highest BCUT2D eigenvalue weighted by Crippen LogP contribution is 2.25. The van der Waals surface area contributed by atoms with Crippen molar-refractivity contribution >= 4 is 38.3 Å². The first-order chi connectivity index (χ1) is 11.6. The summed E-state index contributed by atoms with van der Waals surface area (Å²) in [6.45, 7) is 1.83. The molecule has 0 fully saturated rings. The smallest absolute Gasteiger partial charge is 0.272 e. The fourth-order valence-corrected chi connectivity index (χ4v) is 2.93. The molecule has 0 saturated carbocycles. The van der Waals surface area contributed by atoms with Crippen LogP contribution in [0.5, 0.6) is 5.75 Å². The number of nitrogens with one attached hydrogen (secondary N) is 1. The number of carbonyl (C=O) groups excluding carboxylic acids is 1. The summed E-state index contributed by atoms with van der Waals surface area (Å²) in [5, 5.41) is 11.8. The largest absolute Gasteiger partial charge is 0.476 e. The molecule has 1 aromatic heterocycles. The van der Waals surface area contributed by atoms with Crippen LogP contribution in [0, 0.1) is 6.92 Å². The normalized spacial score (nSPS) is 11.8. The molecule has 1 heterocycles. The lowest BCUT2D eigenvalue weighted by Gasteiger charge is -2.18. The van der Waals surface area contributed by atoms with Crippen LogP contribution < -0.4 is 10.1 Å². The maximum atomic E-state index is 12.7. The van der Waals surface area contributed by atoms with Gasteiger partial charge in [-0.3, -0.25) is 10.1 Å². The van der Waals surface area contributed by atoms with Crippen molar-refractivity contribution in [2.45, 2.75) is 13.0 Å². The number of hydrogen-bond donors (Lipinski definition) is 1. The fourth-order valence-electron chi connectivity index (χ4n) is 2.07. The van der Waals surface area contributed by atoms with E-state index in [-0.39, 0.29) is 5.91 Å². The van der Waals surface area contributed by atoms with Crippen molar-refractivity contribution < 1.29 is 9.53 Å². The van der Waals surface area contributed by atoms with Crippen LogP contribution in [0.3, 0.4) is 0 Å². The van der Waals surface area contributed by atoms with Crippen LogP contribution in [0.15, 0.2) is 59.1 Å². The summed E-state index contributed by atoms with van der Waals surface area (Å²) in [7, 11) is 0. The van der Waals surface area contributed by atoms with Gasteiger partial charge in [0.1, 0.15) is 10.8 Å². The highest BCUT2D eigenvalue weighted by molar-refractivity contribution is 9.10. The van der Waals surface area contributed by atoms with Crippen molar-refractivity contribution in [1.29, 1.82) is 0 Å². The number of carbonyl (C=O) groups is 1. The van der Waals surface area contributed by atoms with E-state index in [1.807, 2.05) is 61.5 Å². The summed E-state index contributed by atoms with van der Waals surface area (Å²) >= 11 is 4.70. The topological polar surface area (TPSA) is 64.1 Å². The average molecular weight is 404 g/mol. The minimum absolute atomic E-state index is 0.291. The third-order valence-electron chi connectivity index (χ3n) is 3.16. The van der Waals surface area contributed by atoms with E-state index >= 15 is 0 Å². The van der Waals surface area contributed by atoms with Crippen LogP contribution in [-0.4, -0.2) is 16.1 Å². The molecule has 3 rings (SSSR count). The standard InChI is InChI=1S/C17H14BrN3O2S/c1-11-20-21-17(24-11)19-16(22)15(12-5-3-2-4-6-12)23-14-9-7-13(18)8-10-14/h2-10,15H,1H3,(H,19,21,22). The first-order valence-corrected chi connectivity index (χ1v) is 8.81. The molecule has 1 unspecified atom stereocenters. The average Bonchev–Trinajstić information content (AvgIpc) is 3.00. The Kier molecular flexibility index (Phi) is 5.22. The van der Waals surface area contributed by atoms with Crippen molar-refractivity contribution in [2.24, 2.45) is 0 Å². The summed E-state index contributed by atoms with van der Waals surface area (Å²) in [5.41, 5.74) is 0.763. The van der Waals surface area contributed by atoms with Crippen molar-refractivity contribution in [3.63, 3.8) is 0 Å². The first kappa shape index (κ1) is 16.6. The molecule has 3 aromatic rings. The predicted octanol–water partition coefficient (Wildman–Crippen LogP) is 4.37. The van der Waals surface area contributed by atoms with Crippen LogP contribution in [0.25, 0.3) is 0 Å². The fraction of sp³-hybridized carbons (Fsp3) is 0.118. The number of hydrogen-bond acceptors (Lipinski definition) is 5. The van der Waals surface area contributed by atoms with E-state index in [1.165, 1.54) is 11.3 Å². The molecule has 0 aliphatic carbocycles. The Balaban J connectivity index is 1.84. The Bertz CT molecular complexity index is 821. The molecule has 0 bridgehead atoms. The highest BCUT2D eigenvalue weighted by atomic mass is 79.9. The zero-order chi connectivity index (χ0) is 16.9. The maximum absolute atomic E-state index is 12.7. The molecule has 0 aliphatic heterocycles. The van der Waals surface area contributed by atoms with E-state index in [4.69, 9.17) is 4.74 Å². The molecule has 0 radical (unpaired) electrons. The predicted molar refractivity (Wildman–Crippen MR) is 97.2 cm³/mol. The van der Waals surface area contributed by atoms with Gasteiger partial charge in [0, 0.05) is 10.0 Å². The van der Waals surface area contributed by atoms with Gasteiger partial charge in [-0.1, -0.05) is 57.6 Å². The van der Waals surface area contributed by atoms with Gasteiger partial charge in [0.05, 0.1) is 0 Å². The zero-order valence-corrected chi connectivity index (χ0v) is 15.2. The van der Waals surface area contributed by atoms with E-state index in [0.29, 0.717) is 10.9 Å². The van der Waals surface area contributed by atoms with Crippen molar-refractivity contribution in [3.8, 4) is 5.75 Å². The SMILES string of the molecule is Cc1nnc(NC(=O)C(Oc2ccc(Br)cc2)c2ccccc2)s1. The van der Waals surface area contributed by atoms with Crippen LogP contribution >= 0.6 is 27.3 Å². The van der Waals surface area contributed by atoms with Crippen LogP contribution in [0.1, 0.15) is 16.7 Å². The number of rotatable bonds is 5. The quantitative estimate of drug-likeness (QED) is 0.686. The second kappa shape index (κ2) is 7.55. The molecule has 122 valence electrons. The van der Waals surface area contributed by atoms with E-state index in [9.17, 15) is 4.79 Å². The summed E-state index contributed by atoms with van der Waals surface area (Å²) in [6, 6.07) is 16.7. The van der Waals surface area contributed by atoms with Gasteiger partial charge in [-0.15, -0.1) is 10.2 Å². The number of halogens is 1. The van der Waals surface area contributed by atoms with Crippen molar-refractivity contribution in [1.82, 2.24) is 10.2 Å². The number of amides is 1. The minimum atomic E-state index is -0.781. The van der Waals surface area contributed by atoms with Crippen LogP contribution in [-0.2, 0) is 4.79 Å². The second-order valence-corrected chi connectivity index (χ2v) is 7.08. The Morgan fingerprint density at radius 2 is 1.83 bits per heavy atom. The van der Waals surface area contributed by atoms with Gasteiger partial charge in [0.25, 0.3) is 5.91 Å². The van der Waals surface area contributed by atoms with Gasteiger partial charge in [-0.05, 0) is 31.2 Å². The molecular formula is C17H14BrN3O2S. The second-order valence-electron chi connectivity index (χ2n) is 4.98. The summed E-state index contributed by atoms with van der Waals surface area (Å²) in [4.78, 5) is 12.7. The van der Waals surface area contributed by atoms with Gasteiger partial charge in [0.2, 0.25) is 11.2 Å². The van der Waals surface area contributed by atoms with Gasteiger partial charge in [0.15, 0.2) is 0 Å². The van der Waals surface area contributed by atoms with Gasteiger partial charge in [-0.2, -0.15) is 0 Å². The Hall–Kier alpha value is -2.25. The van der Waals surface area contributed by atoms with Crippen molar-refractivity contribution in [2.75, 3.05) is 5.32 Å². The van der Waals surface area contributed by atoms with E-state index < -0.39 is 6.10 Å². The molecule has 5 nitrogen and oxygen atoms in total. The lowest BCUT2D eigenvalue weighted by atomic mass is 10.1. The molecule has 1 atom stereocenters. The molecule has 0 saturated heterocycles. The Morgan fingerprint density at radius 3 is 2.46 bits per heavy atom. The first-order valence-electron chi connectivity index (χ1n) is 7.20. The third-order valence-corrected chi connectivity index (χ3v) is 4.45. The summed E-state index contributed by atoms with van der Waals surface area (Å²) in [6.07, 6.45) is -0.781. The van der Waals surface area contributed by atoms with E-state index in [1.54, 1.807) is 0 Å². The molecule has 2 aromatic carbocycles. The minimum Gasteiger partial charge on any atom is -0.476 e. The van der Waals surface area contributed by atoms with Crippen molar-refractivity contribution in [3.05, 3.63) is 69.6 Å². The molecule has 24 heavy (non-hydrogen) atoms. The van der Waals surface area contributed by atoms with E-state index in [2.05, 4.69) is 31.4 Å². The number of aryl methyl sites for hydroxylation is 1. The summed E-state index contributed by atoms with van der Waals surface area (Å²) in [5.74, 6) is 0.316. The number of aromatic nitrogens is 2. The van der Waals surface area contributed by atoms with Gasteiger partial charge >= 0.3 is 0 Å². The number of ether oxygens (including phenoxy) is 1. The third kappa shape index (κ3) is 4.18. The molecule has 0 aliphatic rings. The van der Waals surface area contributed by atoms with Gasteiger partial charge in [-0.25, -0.2) is 0 Å². The molecule has 1 amide bonds. The molecule has 0 spiro atoms. The monoisotopic (exact) mass is 403 g/mol. The van der Waals surface area contributed by atoms with Crippen LogP contribution in [0.2, 0.25) is 0 Å². The Morgan fingerprint density at radius 1 is 1.12 bits per heavy atom. The van der Waals surface area contributed by atoms with Crippen LogP contribution in [0.4, 0.5) is 5.13 Å². The Labute approximate surface area is 151 Å². The zero-order valence-electron chi connectivity index (χ0n) is 12.8. The molecule has 7 heteroatoms.